The first-order valence-corrected chi connectivity index (χ1v) is 12.7. The average molecular weight is 556 g/mol. The van der Waals surface area contributed by atoms with Crippen molar-refractivity contribution in [1.82, 2.24) is 20.1 Å². The minimum atomic E-state index is -4.60. The van der Waals surface area contributed by atoms with Gasteiger partial charge in [-0.25, -0.2) is 0 Å². The molecule has 4 aromatic rings. The van der Waals surface area contributed by atoms with Crippen molar-refractivity contribution in [2.24, 2.45) is 0 Å². The number of anilines is 1. The van der Waals surface area contributed by atoms with E-state index in [4.69, 9.17) is 4.74 Å². The minimum Gasteiger partial charge on any atom is -0.497 e. The molecule has 0 fully saturated rings. The number of nitrogens with zero attached hydrogens (tertiary/aromatic N) is 3. The molecule has 0 bridgehead atoms. The van der Waals surface area contributed by atoms with Crippen molar-refractivity contribution >= 4 is 29.3 Å². The average Bonchev–Trinajstić information content (AvgIpc) is 3.34. The normalized spacial score (nSPS) is 11.2. The van der Waals surface area contributed by atoms with Gasteiger partial charge in [-0.3, -0.25) is 14.2 Å². The number of aromatic nitrogens is 3. The predicted molar refractivity (Wildman–Crippen MR) is 141 cm³/mol. The molecule has 0 unspecified atom stereocenters. The Hall–Kier alpha value is -4.32. The van der Waals surface area contributed by atoms with Gasteiger partial charge in [-0.1, -0.05) is 54.2 Å². The van der Waals surface area contributed by atoms with Crippen LogP contribution in [0.5, 0.6) is 5.75 Å². The Balaban J connectivity index is 1.44. The van der Waals surface area contributed by atoms with E-state index < -0.39 is 17.6 Å². The molecule has 0 spiro atoms. The van der Waals surface area contributed by atoms with Gasteiger partial charge in [0.05, 0.1) is 37.1 Å². The van der Waals surface area contributed by atoms with E-state index in [0.29, 0.717) is 22.4 Å². The third-order valence-corrected chi connectivity index (χ3v) is 6.45. The van der Waals surface area contributed by atoms with Crippen molar-refractivity contribution in [3.63, 3.8) is 0 Å². The Bertz CT molecular complexity index is 1430. The lowest BCUT2D eigenvalue weighted by molar-refractivity contribution is -0.137. The van der Waals surface area contributed by atoms with Crippen molar-refractivity contribution in [2.75, 3.05) is 18.2 Å². The van der Waals surface area contributed by atoms with Crippen molar-refractivity contribution in [2.45, 2.75) is 24.3 Å². The van der Waals surface area contributed by atoms with Gasteiger partial charge in [0, 0.05) is 5.69 Å². The van der Waals surface area contributed by atoms with Crippen LogP contribution in [0, 0.1) is 0 Å². The molecule has 3 aromatic carbocycles. The molecule has 8 nitrogen and oxygen atoms in total. The topological polar surface area (TPSA) is 98.1 Å². The van der Waals surface area contributed by atoms with Crippen LogP contribution in [0.3, 0.4) is 0 Å². The molecule has 1 aromatic heterocycles. The fourth-order valence-electron chi connectivity index (χ4n) is 3.67. The fraction of sp³-hybridized carbons (Fsp3) is 0.185. The molecule has 2 amide bonds. The maximum absolute atomic E-state index is 13.3. The number of benzene rings is 3. The zero-order chi connectivity index (χ0) is 27.8. The second-order valence-corrected chi connectivity index (χ2v) is 9.19. The second kappa shape index (κ2) is 12.5. The number of ether oxygens (including phenoxy) is 1. The summed E-state index contributed by atoms with van der Waals surface area (Å²) in [6.45, 7) is 0.0720. The molecule has 39 heavy (non-hydrogen) atoms. The summed E-state index contributed by atoms with van der Waals surface area (Å²) in [7, 11) is 1.57. The first kappa shape index (κ1) is 27.7. The summed E-state index contributed by atoms with van der Waals surface area (Å²) in [5.41, 5.74) is 0.267. The van der Waals surface area contributed by atoms with Gasteiger partial charge < -0.3 is 15.4 Å². The van der Waals surface area contributed by atoms with Gasteiger partial charge in [-0.2, -0.15) is 13.2 Å². The van der Waals surface area contributed by atoms with E-state index in [1.165, 1.54) is 18.2 Å². The minimum absolute atomic E-state index is 0.0720. The summed E-state index contributed by atoms with van der Waals surface area (Å²) in [5, 5.41) is 13.8. The summed E-state index contributed by atoms with van der Waals surface area (Å²) < 4.78 is 46.6. The van der Waals surface area contributed by atoms with Crippen molar-refractivity contribution in [3.05, 3.63) is 95.8 Å². The number of halogens is 3. The molecular formula is C27H24F3N5O3S. The highest BCUT2D eigenvalue weighted by molar-refractivity contribution is 7.99. The van der Waals surface area contributed by atoms with Crippen molar-refractivity contribution in [1.29, 1.82) is 0 Å². The maximum Gasteiger partial charge on any atom is 0.418 e. The largest absolute Gasteiger partial charge is 0.497 e. The standard InChI is InChI=1S/C27H24F3N5O3S/c1-38-20-13-11-18(12-14-20)15-24(36)31-16-23-33-34-26(35(23)19-7-3-2-4-8-19)39-17-25(37)32-22-10-6-5-9-21(22)27(28,29)30/h2-14H,15-17H2,1H3,(H,31,36)(H,32,37). The number of alkyl halides is 3. The van der Waals surface area contributed by atoms with E-state index in [9.17, 15) is 22.8 Å². The number of nitrogens with one attached hydrogen (secondary N) is 2. The van der Waals surface area contributed by atoms with E-state index >= 15 is 0 Å². The zero-order valence-corrected chi connectivity index (χ0v) is 21.6. The number of carbonyl (C=O) groups excluding carboxylic acids is 2. The number of hydrogen-bond acceptors (Lipinski definition) is 6. The Kier molecular flexibility index (Phi) is 8.87. The quantitative estimate of drug-likeness (QED) is 0.271. The van der Waals surface area contributed by atoms with E-state index in [0.717, 1.165) is 23.4 Å². The lowest BCUT2D eigenvalue weighted by Crippen LogP contribution is -2.26. The van der Waals surface area contributed by atoms with Gasteiger partial charge in [-0.05, 0) is 42.0 Å². The van der Waals surface area contributed by atoms with E-state index in [1.807, 2.05) is 30.3 Å². The molecule has 12 heteroatoms. The van der Waals surface area contributed by atoms with E-state index in [1.54, 1.807) is 35.9 Å². The molecule has 0 saturated heterocycles. The summed E-state index contributed by atoms with van der Waals surface area (Å²) in [4.78, 5) is 25.1. The molecule has 0 aliphatic carbocycles. The predicted octanol–water partition coefficient (Wildman–Crippen LogP) is 4.88. The highest BCUT2D eigenvalue weighted by atomic mass is 32.2. The van der Waals surface area contributed by atoms with Gasteiger partial charge in [0.1, 0.15) is 5.75 Å². The molecule has 202 valence electrons. The van der Waals surface area contributed by atoms with E-state index in [-0.39, 0.29) is 30.3 Å². The van der Waals surface area contributed by atoms with Gasteiger partial charge in [-0.15, -0.1) is 10.2 Å². The molecular weight excluding hydrogens is 531 g/mol. The fourth-order valence-corrected chi connectivity index (χ4v) is 4.44. The molecule has 0 aliphatic rings. The Labute approximate surface area is 226 Å². The number of hydrogen-bond donors (Lipinski definition) is 2. The van der Waals surface area contributed by atoms with Gasteiger partial charge >= 0.3 is 6.18 Å². The molecule has 0 atom stereocenters. The first-order valence-electron chi connectivity index (χ1n) is 11.7. The van der Waals surface area contributed by atoms with Crippen molar-refractivity contribution in [3.8, 4) is 11.4 Å². The third-order valence-electron chi connectivity index (χ3n) is 5.52. The second-order valence-electron chi connectivity index (χ2n) is 8.25. The number of para-hydroxylation sites is 2. The van der Waals surface area contributed by atoms with Crippen LogP contribution in [0.15, 0.2) is 84.0 Å². The third kappa shape index (κ3) is 7.38. The van der Waals surface area contributed by atoms with Crippen LogP contribution in [0.4, 0.5) is 18.9 Å². The van der Waals surface area contributed by atoms with Crippen LogP contribution < -0.4 is 15.4 Å². The smallest absolute Gasteiger partial charge is 0.418 e. The van der Waals surface area contributed by atoms with Crippen LogP contribution in [0.25, 0.3) is 5.69 Å². The number of amides is 2. The van der Waals surface area contributed by atoms with Gasteiger partial charge in [0.15, 0.2) is 11.0 Å². The number of methoxy groups -OCH3 is 1. The number of carbonyl (C=O) groups is 2. The lowest BCUT2D eigenvalue weighted by Gasteiger charge is -2.14. The van der Waals surface area contributed by atoms with Crippen molar-refractivity contribution < 1.29 is 27.5 Å². The van der Waals surface area contributed by atoms with Crippen LogP contribution in [0.2, 0.25) is 0 Å². The van der Waals surface area contributed by atoms with E-state index in [2.05, 4.69) is 20.8 Å². The number of rotatable bonds is 10. The molecule has 4 rings (SSSR count). The SMILES string of the molecule is COc1ccc(CC(=O)NCc2nnc(SCC(=O)Nc3ccccc3C(F)(F)F)n2-c2ccccc2)cc1. The monoisotopic (exact) mass is 555 g/mol. The van der Waals surface area contributed by atoms with Crippen LogP contribution in [0.1, 0.15) is 17.0 Å². The Morgan fingerprint density at radius 1 is 0.923 bits per heavy atom. The molecule has 0 aliphatic heterocycles. The van der Waals surface area contributed by atoms with Gasteiger partial charge in [0.25, 0.3) is 0 Å². The highest BCUT2D eigenvalue weighted by Crippen LogP contribution is 2.34. The number of thioether (sulfide) groups is 1. The zero-order valence-electron chi connectivity index (χ0n) is 20.7. The maximum atomic E-state index is 13.3. The molecule has 0 saturated carbocycles. The summed E-state index contributed by atoms with van der Waals surface area (Å²) in [5.74, 6) is 0.0578. The van der Waals surface area contributed by atoms with Crippen LogP contribution in [-0.2, 0) is 28.7 Å². The molecule has 0 radical (unpaired) electrons. The first-order chi connectivity index (χ1) is 18.7. The summed E-state index contributed by atoms with van der Waals surface area (Å²) >= 11 is 1.02. The lowest BCUT2D eigenvalue weighted by atomic mass is 10.1. The summed E-state index contributed by atoms with van der Waals surface area (Å²) in [6, 6.07) is 21.0. The molecule has 2 N–H and O–H groups in total. The Morgan fingerprint density at radius 2 is 1.62 bits per heavy atom. The summed E-state index contributed by atoms with van der Waals surface area (Å²) in [6.07, 6.45) is -4.44. The highest BCUT2D eigenvalue weighted by Gasteiger charge is 2.33. The van der Waals surface area contributed by atoms with Crippen LogP contribution >= 0.6 is 11.8 Å². The molecule has 1 heterocycles. The van der Waals surface area contributed by atoms with Gasteiger partial charge in [0.2, 0.25) is 11.8 Å². The van der Waals surface area contributed by atoms with Crippen LogP contribution in [-0.4, -0.2) is 39.4 Å². The Morgan fingerprint density at radius 3 is 2.31 bits per heavy atom.